The number of nitrogens with one attached hydrogen (secondary N) is 1. The van der Waals surface area contributed by atoms with Crippen LogP contribution in [-0.4, -0.2) is 18.4 Å². The van der Waals surface area contributed by atoms with Gasteiger partial charge in [-0.3, -0.25) is 9.59 Å². The molecule has 0 aliphatic carbocycles. The second kappa shape index (κ2) is 7.64. The van der Waals surface area contributed by atoms with Crippen LogP contribution in [0.4, 0.5) is 20.2 Å². The van der Waals surface area contributed by atoms with E-state index in [-0.39, 0.29) is 23.6 Å². The van der Waals surface area contributed by atoms with Gasteiger partial charge in [-0.15, -0.1) is 0 Å². The van der Waals surface area contributed by atoms with Crippen LogP contribution in [0.3, 0.4) is 0 Å². The number of hydrogen-bond donors (Lipinski definition) is 1. The van der Waals surface area contributed by atoms with Crippen molar-refractivity contribution in [3.05, 3.63) is 59.7 Å². The van der Waals surface area contributed by atoms with E-state index in [1.807, 2.05) is 12.1 Å². The Morgan fingerprint density at radius 3 is 2.15 bits per heavy atom. The predicted molar refractivity (Wildman–Crippen MR) is 98.2 cm³/mol. The van der Waals surface area contributed by atoms with Gasteiger partial charge in [-0.2, -0.15) is 0 Å². The topological polar surface area (TPSA) is 49.4 Å². The molecule has 6 heteroatoms. The predicted octanol–water partition coefficient (Wildman–Crippen LogP) is 4.25. The summed E-state index contributed by atoms with van der Waals surface area (Å²) in [6.45, 7) is 7.31. The second-order valence-corrected chi connectivity index (χ2v) is 7.07. The maximum absolute atomic E-state index is 13.7. The number of rotatable bonds is 4. The molecule has 2 aromatic carbocycles. The molecule has 2 amide bonds. The molecular weight excluding hydrogens is 338 g/mol. The van der Waals surface area contributed by atoms with E-state index in [1.54, 1.807) is 12.1 Å². The van der Waals surface area contributed by atoms with Crippen LogP contribution in [0.2, 0.25) is 0 Å². The smallest absolute Gasteiger partial charge is 0.244 e. The molecular formula is C20H22F2N2O2. The molecule has 0 fully saturated rings. The summed E-state index contributed by atoms with van der Waals surface area (Å²) in [6.07, 6.45) is 0. The molecule has 0 heterocycles. The summed E-state index contributed by atoms with van der Waals surface area (Å²) in [4.78, 5) is 25.4. The van der Waals surface area contributed by atoms with E-state index in [2.05, 4.69) is 26.1 Å². The maximum atomic E-state index is 13.7. The minimum atomic E-state index is -0.873. The first kappa shape index (κ1) is 19.6. The van der Waals surface area contributed by atoms with Crippen molar-refractivity contribution in [1.29, 1.82) is 0 Å². The standard InChI is InChI=1S/C20H22F2N2O2/c1-13(25)24(16-8-5-14(6-9-16)20(2,3)4)12-19(26)23-18-10-7-15(21)11-17(18)22/h5-11H,12H2,1-4H3,(H,23,26). The van der Waals surface area contributed by atoms with Crippen molar-refractivity contribution in [2.75, 3.05) is 16.8 Å². The van der Waals surface area contributed by atoms with Gasteiger partial charge in [0.15, 0.2) is 0 Å². The fourth-order valence-electron chi connectivity index (χ4n) is 2.45. The fourth-order valence-corrected chi connectivity index (χ4v) is 2.45. The fraction of sp³-hybridized carbons (Fsp3) is 0.300. The van der Waals surface area contributed by atoms with Crippen LogP contribution in [0.25, 0.3) is 0 Å². The Morgan fingerprint density at radius 1 is 1.04 bits per heavy atom. The lowest BCUT2D eigenvalue weighted by atomic mass is 9.87. The lowest BCUT2D eigenvalue weighted by Crippen LogP contribution is -2.36. The summed E-state index contributed by atoms with van der Waals surface area (Å²) in [5.41, 5.74) is 1.50. The minimum Gasteiger partial charge on any atom is -0.322 e. The van der Waals surface area contributed by atoms with E-state index in [1.165, 1.54) is 11.8 Å². The van der Waals surface area contributed by atoms with E-state index < -0.39 is 17.5 Å². The van der Waals surface area contributed by atoms with Gasteiger partial charge in [-0.05, 0) is 35.2 Å². The number of carbonyl (C=O) groups excluding carboxylic acids is 2. The number of benzene rings is 2. The molecule has 2 aromatic rings. The van der Waals surface area contributed by atoms with Crippen LogP contribution in [0.5, 0.6) is 0 Å². The van der Waals surface area contributed by atoms with Gasteiger partial charge in [0.25, 0.3) is 0 Å². The Hall–Kier alpha value is -2.76. The average Bonchev–Trinajstić information content (AvgIpc) is 2.54. The second-order valence-electron chi connectivity index (χ2n) is 7.07. The molecule has 0 spiro atoms. The molecule has 4 nitrogen and oxygen atoms in total. The SMILES string of the molecule is CC(=O)N(CC(=O)Nc1ccc(F)cc1F)c1ccc(C(C)(C)C)cc1. The van der Waals surface area contributed by atoms with E-state index in [0.29, 0.717) is 11.8 Å². The summed E-state index contributed by atoms with van der Waals surface area (Å²) in [6, 6.07) is 10.2. The van der Waals surface area contributed by atoms with Crippen LogP contribution in [0.15, 0.2) is 42.5 Å². The molecule has 0 atom stereocenters. The number of hydrogen-bond acceptors (Lipinski definition) is 2. The quantitative estimate of drug-likeness (QED) is 0.886. The molecule has 1 N–H and O–H groups in total. The third-order valence-electron chi connectivity index (χ3n) is 3.93. The monoisotopic (exact) mass is 360 g/mol. The van der Waals surface area contributed by atoms with Gasteiger partial charge in [-0.25, -0.2) is 8.78 Å². The van der Waals surface area contributed by atoms with E-state index in [9.17, 15) is 18.4 Å². The highest BCUT2D eigenvalue weighted by Gasteiger charge is 2.19. The molecule has 0 saturated heterocycles. The van der Waals surface area contributed by atoms with Crippen molar-refractivity contribution >= 4 is 23.2 Å². The van der Waals surface area contributed by atoms with Crippen LogP contribution in [-0.2, 0) is 15.0 Å². The van der Waals surface area contributed by atoms with Crippen molar-refractivity contribution in [2.24, 2.45) is 0 Å². The molecule has 0 aromatic heterocycles. The van der Waals surface area contributed by atoms with Crippen LogP contribution in [0.1, 0.15) is 33.3 Å². The van der Waals surface area contributed by atoms with Crippen molar-refractivity contribution < 1.29 is 18.4 Å². The largest absolute Gasteiger partial charge is 0.322 e. The van der Waals surface area contributed by atoms with Gasteiger partial charge in [0.2, 0.25) is 11.8 Å². The zero-order chi connectivity index (χ0) is 19.5. The van der Waals surface area contributed by atoms with Gasteiger partial charge in [-0.1, -0.05) is 32.9 Å². The van der Waals surface area contributed by atoms with E-state index in [4.69, 9.17) is 0 Å². The number of nitrogens with zero attached hydrogens (tertiary/aromatic N) is 1. The zero-order valence-electron chi connectivity index (χ0n) is 15.3. The first-order valence-corrected chi connectivity index (χ1v) is 8.21. The maximum Gasteiger partial charge on any atom is 0.244 e. The average molecular weight is 360 g/mol. The van der Waals surface area contributed by atoms with Gasteiger partial charge in [0.1, 0.15) is 18.2 Å². The van der Waals surface area contributed by atoms with E-state index in [0.717, 1.165) is 17.7 Å². The van der Waals surface area contributed by atoms with Gasteiger partial charge in [0, 0.05) is 18.7 Å². The molecule has 0 bridgehead atoms. The lowest BCUT2D eigenvalue weighted by Gasteiger charge is -2.23. The molecule has 2 rings (SSSR count). The Kier molecular flexibility index (Phi) is 5.75. The van der Waals surface area contributed by atoms with E-state index >= 15 is 0 Å². The highest BCUT2D eigenvalue weighted by molar-refractivity contribution is 6.01. The van der Waals surface area contributed by atoms with Crippen molar-refractivity contribution in [1.82, 2.24) is 0 Å². The van der Waals surface area contributed by atoms with Crippen LogP contribution < -0.4 is 10.2 Å². The summed E-state index contributed by atoms with van der Waals surface area (Å²) in [5.74, 6) is -2.50. The lowest BCUT2D eigenvalue weighted by molar-refractivity contribution is -0.120. The molecule has 0 radical (unpaired) electrons. The highest BCUT2D eigenvalue weighted by atomic mass is 19.1. The normalized spacial score (nSPS) is 11.2. The van der Waals surface area contributed by atoms with Crippen molar-refractivity contribution in [3.8, 4) is 0 Å². The Morgan fingerprint density at radius 2 is 1.65 bits per heavy atom. The summed E-state index contributed by atoms with van der Waals surface area (Å²) >= 11 is 0. The van der Waals surface area contributed by atoms with Crippen molar-refractivity contribution in [2.45, 2.75) is 33.1 Å². The third-order valence-corrected chi connectivity index (χ3v) is 3.93. The molecule has 138 valence electrons. The first-order valence-electron chi connectivity index (χ1n) is 8.21. The number of amides is 2. The summed E-state index contributed by atoms with van der Waals surface area (Å²) < 4.78 is 26.6. The molecule has 26 heavy (non-hydrogen) atoms. The Bertz CT molecular complexity index is 812. The third kappa shape index (κ3) is 4.88. The van der Waals surface area contributed by atoms with Gasteiger partial charge in [0.05, 0.1) is 5.69 Å². The molecule has 0 unspecified atom stereocenters. The molecule has 0 aliphatic rings. The Balaban J connectivity index is 2.15. The number of halogens is 2. The van der Waals surface area contributed by atoms with Gasteiger partial charge < -0.3 is 10.2 Å². The number of carbonyl (C=O) groups is 2. The van der Waals surface area contributed by atoms with Crippen LogP contribution in [0, 0.1) is 11.6 Å². The van der Waals surface area contributed by atoms with Crippen LogP contribution >= 0.6 is 0 Å². The molecule has 0 aliphatic heterocycles. The zero-order valence-corrected chi connectivity index (χ0v) is 15.3. The number of anilines is 2. The minimum absolute atomic E-state index is 0.0307. The van der Waals surface area contributed by atoms with Gasteiger partial charge >= 0.3 is 0 Å². The molecule has 0 saturated carbocycles. The summed E-state index contributed by atoms with van der Waals surface area (Å²) in [5, 5.41) is 2.35. The highest BCUT2D eigenvalue weighted by Crippen LogP contribution is 2.25. The summed E-state index contributed by atoms with van der Waals surface area (Å²) in [7, 11) is 0. The first-order chi connectivity index (χ1) is 12.1. The Labute approximate surface area is 151 Å². The van der Waals surface area contributed by atoms with Crippen molar-refractivity contribution in [3.63, 3.8) is 0 Å².